The third-order valence-electron chi connectivity index (χ3n) is 3.27. The quantitative estimate of drug-likeness (QED) is 0.830. The number of Topliss-reactive ketones (excluding diaryl/α,β-unsaturated/α-hetero) is 1. The normalized spacial score (nSPS) is 18.4. The maximum absolute atomic E-state index is 14.0. The summed E-state index contributed by atoms with van der Waals surface area (Å²) in [7, 11) is 1.36. The number of benzene rings is 1. The molecule has 5 heteroatoms. The molecule has 1 heterocycles. The van der Waals surface area contributed by atoms with E-state index in [2.05, 4.69) is 0 Å². The molecule has 1 aromatic rings. The number of carbonyl (C=O) groups is 1. The average molecular weight is 253 g/mol. The first kappa shape index (κ1) is 13.0. The van der Waals surface area contributed by atoms with Gasteiger partial charge in [0.2, 0.25) is 0 Å². The second kappa shape index (κ2) is 5.04. The summed E-state index contributed by atoms with van der Waals surface area (Å²) in [5, 5.41) is 0. The van der Waals surface area contributed by atoms with Gasteiger partial charge in [-0.3, -0.25) is 4.79 Å². The number of methoxy groups -OCH3 is 1. The van der Waals surface area contributed by atoms with E-state index in [0.717, 1.165) is 0 Å². The fraction of sp³-hybridized carbons (Fsp3) is 0.462. The number of ether oxygens (including phenoxy) is 2. The van der Waals surface area contributed by atoms with Gasteiger partial charge in [0, 0.05) is 13.2 Å². The number of rotatable bonds is 3. The van der Waals surface area contributed by atoms with Crippen LogP contribution in [0.2, 0.25) is 0 Å². The molecular formula is C13H16FNO3. The number of hydrogen-bond acceptors (Lipinski definition) is 4. The maximum Gasteiger partial charge on any atom is 0.185 e. The minimum Gasteiger partial charge on any atom is -0.494 e. The summed E-state index contributed by atoms with van der Waals surface area (Å²) in [5.41, 5.74) is 5.01. The Labute approximate surface area is 105 Å². The zero-order chi connectivity index (χ0) is 13.2. The highest BCUT2D eigenvalue weighted by atomic mass is 19.1. The van der Waals surface area contributed by atoms with Crippen LogP contribution in [0.4, 0.5) is 4.39 Å². The Morgan fingerprint density at radius 1 is 1.44 bits per heavy atom. The van der Waals surface area contributed by atoms with Gasteiger partial charge in [-0.25, -0.2) is 4.39 Å². The predicted octanol–water partition coefficient (Wildman–Crippen LogP) is 1.52. The summed E-state index contributed by atoms with van der Waals surface area (Å²) >= 11 is 0. The molecule has 0 spiro atoms. The molecule has 18 heavy (non-hydrogen) atoms. The van der Waals surface area contributed by atoms with Crippen molar-refractivity contribution < 1.29 is 18.7 Å². The second-order valence-corrected chi connectivity index (χ2v) is 4.42. The summed E-state index contributed by atoms with van der Waals surface area (Å²) in [6.07, 6.45) is 0.810. The summed E-state index contributed by atoms with van der Waals surface area (Å²) in [4.78, 5) is 12.3. The minimum absolute atomic E-state index is 0.0150. The number of hydrogen-bond donors (Lipinski definition) is 1. The molecule has 1 aliphatic rings. The van der Waals surface area contributed by atoms with Gasteiger partial charge in [0.05, 0.1) is 18.2 Å². The number of halogens is 1. The molecule has 4 nitrogen and oxygen atoms in total. The lowest BCUT2D eigenvalue weighted by Crippen LogP contribution is -2.52. The molecule has 0 saturated carbocycles. The number of nitrogens with two attached hydrogens (primary N) is 1. The lowest BCUT2D eigenvalue weighted by Gasteiger charge is -2.31. The van der Waals surface area contributed by atoms with Gasteiger partial charge in [-0.2, -0.15) is 0 Å². The van der Waals surface area contributed by atoms with Crippen LogP contribution in [0.3, 0.4) is 0 Å². The molecule has 0 aromatic heterocycles. The van der Waals surface area contributed by atoms with E-state index in [4.69, 9.17) is 15.2 Å². The molecule has 0 unspecified atom stereocenters. The van der Waals surface area contributed by atoms with Gasteiger partial charge in [-0.15, -0.1) is 0 Å². The minimum atomic E-state index is -1.04. The van der Waals surface area contributed by atoms with Crippen molar-refractivity contribution in [2.75, 3.05) is 20.3 Å². The summed E-state index contributed by atoms with van der Waals surface area (Å²) in [5.74, 6) is -0.986. The first-order valence-corrected chi connectivity index (χ1v) is 5.82. The third-order valence-corrected chi connectivity index (χ3v) is 3.27. The van der Waals surface area contributed by atoms with E-state index in [9.17, 15) is 9.18 Å². The van der Waals surface area contributed by atoms with Crippen molar-refractivity contribution >= 4 is 5.78 Å². The van der Waals surface area contributed by atoms with Crippen molar-refractivity contribution in [3.63, 3.8) is 0 Å². The second-order valence-electron chi connectivity index (χ2n) is 4.42. The van der Waals surface area contributed by atoms with Crippen molar-refractivity contribution in [2.24, 2.45) is 5.73 Å². The molecule has 1 fully saturated rings. The van der Waals surface area contributed by atoms with Crippen molar-refractivity contribution in [1.82, 2.24) is 0 Å². The zero-order valence-electron chi connectivity index (χ0n) is 10.2. The van der Waals surface area contributed by atoms with Crippen LogP contribution in [0, 0.1) is 5.82 Å². The zero-order valence-corrected chi connectivity index (χ0v) is 10.2. The van der Waals surface area contributed by atoms with Crippen LogP contribution in [0.15, 0.2) is 18.2 Å². The molecule has 0 aliphatic carbocycles. The molecule has 0 radical (unpaired) electrons. The maximum atomic E-state index is 14.0. The SMILES string of the molecule is COc1cccc(C(=O)C2(N)CCOCC2)c1F. The molecule has 2 N–H and O–H groups in total. The molecule has 0 amide bonds. The lowest BCUT2D eigenvalue weighted by molar-refractivity contribution is 0.0445. The van der Waals surface area contributed by atoms with Crippen LogP contribution in [0.1, 0.15) is 23.2 Å². The Bertz CT molecular complexity index is 456. The van der Waals surface area contributed by atoms with E-state index >= 15 is 0 Å². The summed E-state index contributed by atoms with van der Waals surface area (Å²) in [6.45, 7) is 0.849. The monoisotopic (exact) mass is 253 g/mol. The van der Waals surface area contributed by atoms with Crippen LogP contribution < -0.4 is 10.5 Å². The van der Waals surface area contributed by atoms with Gasteiger partial charge in [0.1, 0.15) is 0 Å². The first-order chi connectivity index (χ1) is 8.58. The van der Waals surface area contributed by atoms with Gasteiger partial charge >= 0.3 is 0 Å². The van der Waals surface area contributed by atoms with E-state index in [1.807, 2.05) is 0 Å². The standard InChI is InChI=1S/C13H16FNO3/c1-17-10-4-2-3-9(11(10)14)12(16)13(15)5-7-18-8-6-13/h2-4H,5-8,15H2,1H3. The van der Waals surface area contributed by atoms with Crippen molar-refractivity contribution in [1.29, 1.82) is 0 Å². The fourth-order valence-electron chi connectivity index (χ4n) is 2.07. The average Bonchev–Trinajstić information content (AvgIpc) is 2.39. The van der Waals surface area contributed by atoms with Gasteiger partial charge in [0.25, 0.3) is 0 Å². The highest BCUT2D eigenvalue weighted by Gasteiger charge is 2.38. The van der Waals surface area contributed by atoms with Crippen LogP contribution >= 0.6 is 0 Å². The largest absolute Gasteiger partial charge is 0.494 e. The van der Waals surface area contributed by atoms with Crippen LogP contribution in [0.5, 0.6) is 5.75 Å². The Morgan fingerprint density at radius 2 is 2.11 bits per heavy atom. The Kier molecular flexibility index (Phi) is 3.63. The van der Waals surface area contributed by atoms with E-state index in [0.29, 0.717) is 26.1 Å². The van der Waals surface area contributed by atoms with Crippen molar-refractivity contribution in [2.45, 2.75) is 18.4 Å². The van der Waals surface area contributed by atoms with Crippen molar-refractivity contribution in [3.8, 4) is 5.75 Å². The molecule has 0 atom stereocenters. The van der Waals surface area contributed by atoms with Crippen LogP contribution in [-0.2, 0) is 4.74 Å². The summed E-state index contributed by atoms with van der Waals surface area (Å²) in [6, 6.07) is 4.49. The smallest absolute Gasteiger partial charge is 0.185 e. The number of carbonyl (C=O) groups excluding carboxylic acids is 1. The molecule has 1 saturated heterocycles. The lowest BCUT2D eigenvalue weighted by atomic mass is 9.83. The Balaban J connectivity index is 2.33. The first-order valence-electron chi connectivity index (χ1n) is 5.82. The Morgan fingerprint density at radius 3 is 2.72 bits per heavy atom. The van der Waals surface area contributed by atoms with E-state index in [-0.39, 0.29) is 17.1 Å². The molecule has 1 aromatic carbocycles. The summed E-state index contributed by atoms with van der Waals surface area (Å²) < 4.78 is 24.1. The van der Waals surface area contributed by atoms with E-state index in [1.165, 1.54) is 19.2 Å². The molecule has 98 valence electrons. The third kappa shape index (κ3) is 2.23. The molecular weight excluding hydrogens is 237 g/mol. The predicted molar refractivity (Wildman–Crippen MR) is 64.3 cm³/mol. The van der Waals surface area contributed by atoms with Gasteiger partial charge < -0.3 is 15.2 Å². The van der Waals surface area contributed by atoms with Crippen LogP contribution in [0.25, 0.3) is 0 Å². The Hall–Kier alpha value is -1.46. The van der Waals surface area contributed by atoms with E-state index < -0.39 is 11.4 Å². The van der Waals surface area contributed by atoms with E-state index in [1.54, 1.807) is 6.07 Å². The highest BCUT2D eigenvalue weighted by Crippen LogP contribution is 2.27. The topological polar surface area (TPSA) is 61.5 Å². The van der Waals surface area contributed by atoms with Gasteiger partial charge in [-0.05, 0) is 25.0 Å². The van der Waals surface area contributed by atoms with Crippen molar-refractivity contribution in [3.05, 3.63) is 29.6 Å². The van der Waals surface area contributed by atoms with Gasteiger partial charge in [-0.1, -0.05) is 6.07 Å². The molecule has 0 bridgehead atoms. The molecule has 1 aliphatic heterocycles. The number of ketones is 1. The highest BCUT2D eigenvalue weighted by molar-refractivity contribution is 6.03. The van der Waals surface area contributed by atoms with Gasteiger partial charge in [0.15, 0.2) is 17.3 Å². The fourth-order valence-corrected chi connectivity index (χ4v) is 2.07. The van der Waals surface area contributed by atoms with Crippen LogP contribution in [-0.4, -0.2) is 31.6 Å². The molecule has 2 rings (SSSR count).